The Bertz CT molecular complexity index is 821. The number of aromatic nitrogens is 1. The lowest BCUT2D eigenvalue weighted by atomic mass is 9.93. The molecule has 2 heterocycles. The summed E-state index contributed by atoms with van der Waals surface area (Å²) < 4.78 is 26.6. The van der Waals surface area contributed by atoms with E-state index in [0.29, 0.717) is 18.5 Å². The van der Waals surface area contributed by atoms with E-state index in [1.165, 1.54) is 22.8 Å². The lowest BCUT2D eigenvalue weighted by molar-refractivity contribution is 0.0695. The summed E-state index contributed by atoms with van der Waals surface area (Å²) in [5, 5.41) is 9.29. The van der Waals surface area contributed by atoms with Crippen molar-refractivity contribution in [1.82, 2.24) is 9.29 Å². The van der Waals surface area contributed by atoms with E-state index in [9.17, 15) is 18.3 Å². The molecule has 2 aromatic rings. The van der Waals surface area contributed by atoms with Crippen molar-refractivity contribution in [3.8, 4) is 0 Å². The molecular weight excluding hydrogens is 316 g/mol. The largest absolute Gasteiger partial charge is 0.478 e. The molecule has 1 aromatic heterocycles. The Hall–Kier alpha value is -2.25. The van der Waals surface area contributed by atoms with Gasteiger partial charge in [0.05, 0.1) is 5.56 Å². The molecule has 0 amide bonds. The minimum Gasteiger partial charge on any atom is -0.478 e. The average molecular weight is 332 g/mol. The molecule has 6 nitrogen and oxygen atoms in total. The Balaban J connectivity index is 1.86. The lowest BCUT2D eigenvalue weighted by Gasteiger charge is -2.17. The summed E-state index contributed by atoms with van der Waals surface area (Å²) >= 11 is 0. The zero-order chi connectivity index (χ0) is 16.4. The van der Waals surface area contributed by atoms with Gasteiger partial charge >= 0.3 is 5.97 Å². The summed E-state index contributed by atoms with van der Waals surface area (Å²) in [6.45, 7) is 0.650. The van der Waals surface area contributed by atoms with Gasteiger partial charge in [0.15, 0.2) is 0 Å². The van der Waals surface area contributed by atoms with E-state index in [1.54, 1.807) is 30.3 Å². The van der Waals surface area contributed by atoms with Crippen LogP contribution in [0.2, 0.25) is 0 Å². The first-order chi connectivity index (χ1) is 11.0. The van der Waals surface area contributed by atoms with Crippen molar-refractivity contribution in [2.75, 3.05) is 13.1 Å². The number of carboxylic acid groups (broad SMARTS) is 1. The molecule has 0 radical (unpaired) electrons. The molecule has 7 heteroatoms. The second-order valence-electron chi connectivity index (χ2n) is 5.43. The van der Waals surface area contributed by atoms with E-state index >= 15 is 0 Å². The highest BCUT2D eigenvalue weighted by Crippen LogP contribution is 2.32. The van der Waals surface area contributed by atoms with Crippen LogP contribution in [0.5, 0.6) is 0 Å². The molecule has 1 saturated heterocycles. The molecule has 0 bridgehead atoms. The zero-order valence-electron chi connectivity index (χ0n) is 12.3. The number of sulfonamides is 1. The van der Waals surface area contributed by atoms with E-state index in [4.69, 9.17) is 0 Å². The number of rotatable bonds is 4. The number of benzene rings is 1. The molecule has 1 atom stereocenters. The van der Waals surface area contributed by atoms with Gasteiger partial charge in [-0.05, 0) is 36.1 Å². The lowest BCUT2D eigenvalue weighted by Crippen LogP contribution is -2.28. The minimum atomic E-state index is -3.59. The fraction of sp³-hybridized carbons (Fsp3) is 0.250. The third kappa shape index (κ3) is 2.97. The van der Waals surface area contributed by atoms with E-state index in [1.807, 2.05) is 0 Å². The average Bonchev–Trinajstić information content (AvgIpc) is 3.06. The van der Waals surface area contributed by atoms with Crippen LogP contribution >= 0.6 is 0 Å². The van der Waals surface area contributed by atoms with Crippen LogP contribution in [0.25, 0.3) is 0 Å². The Kier molecular flexibility index (Phi) is 4.14. The van der Waals surface area contributed by atoms with Gasteiger partial charge in [-0.2, -0.15) is 4.31 Å². The number of carboxylic acids is 1. The van der Waals surface area contributed by atoms with Gasteiger partial charge in [-0.15, -0.1) is 0 Å². The number of pyridine rings is 1. The van der Waals surface area contributed by atoms with Gasteiger partial charge in [-0.3, -0.25) is 4.98 Å². The first-order valence-electron chi connectivity index (χ1n) is 7.22. The maximum atomic E-state index is 12.6. The van der Waals surface area contributed by atoms with Crippen molar-refractivity contribution < 1.29 is 18.3 Å². The second kappa shape index (κ2) is 6.10. The van der Waals surface area contributed by atoms with Gasteiger partial charge in [0.1, 0.15) is 4.90 Å². The number of hydrogen-bond donors (Lipinski definition) is 1. The summed E-state index contributed by atoms with van der Waals surface area (Å²) in [6, 6.07) is 9.86. The SMILES string of the molecule is O=C(O)c1ccccc1[C@@H]1CCN(S(=O)(=O)c2cccnc2)C1. The highest BCUT2D eigenvalue weighted by molar-refractivity contribution is 7.89. The number of carbonyl (C=O) groups is 1. The van der Waals surface area contributed by atoms with Crippen LogP contribution in [-0.4, -0.2) is 41.9 Å². The summed E-state index contributed by atoms with van der Waals surface area (Å²) in [7, 11) is -3.59. The molecule has 3 rings (SSSR count). The van der Waals surface area contributed by atoms with Gasteiger partial charge in [-0.1, -0.05) is 18.2 Å². The third-order valence-electron chi connectivity index (χ3n) is 4.05. The van der Waals surface area contributed by atoms with Crippen LogP contribution in [0, 0.1) is 0 Å². The quantitative estimate of drug-likeness (QED) is 0.925. The smallest absolute Gasteiger partial charge is 0.335 e. The van der Waals surface area contributed by atoms with Gasteiger partial charge < -0.3 is 5.11 Å². The van der Waals surface area contributed by atoms with Crippen LogP contribution in [-0.2, 0) is 10.0 Å². The molecule has 0 saturated carbocycles. The van der Waals surface area contributed by atoms with E-state index in [-0.39, 0.29) is 22.9 Å². The monoisotopic (exact) mass is 332 g/mol. The summed E-state index contributed by atoms with van der Waals surface area (Å²) in [6.07, 6.45) is 3.45. The van der Waals surface area contributed by atoms with E-state index in [2.05, 4.69) is 4.98 Å². The molecule has 1 N–H and O–H groups in total. The van der Waals surface area contributed by atoms with Crippen LogP contribution in [0.1, 0.15) is 28.3 Å². The van der Waals surface area contributed by atoms with Gasteiger partial charge in [0.2, 0.25) is 10.0 Å². The van der Waals surface area contributed by atoms with Crippen molar-refractivity contribution in [1.29, 1.82) is 0 Å². The zero-order valence-corrected chi connectivity index (χ0v) is 13.1. The van der Waals surface area contributed by atoms with Gasteiger partial charge in [0, 0.05) is 25.5 Å². The van der Waals surface area contributed by atoms with E-state index < -0.39 is 16.0 Å². The molecule has 1 aliphatic heterocycles. The Labute approximate surface area is 134 Å². The maximum absolute atomic E-state index is 12.6. The number of nitrogens with zero attached hydrogens (tertiary/aromatic N) is 2. The molecule has 120 valence electrons. The van der Waals surface area contributed by atoms with Gasteiger partial charge in [0.25, 0.3) is 0 Å². The Morgan fingerprint density at radius 2 is 2.00 bits per heavy atom. The van der Waals surface area contributed by atoms with Crippen LogP contribution in [0.4, 0.5) is 0 Å². The molecule has 23 heavy (non-hydrogen) atoms. The molecule has 0 spiro atoms. The van der Waals surface area contributed by atoms with Crippen molar-refractivity contribution in [2.45, 2.75) is 17.2 Å². The van der Waals surface area contributed by atoms with Crippen molar-refractivity contribution in [2.24, 2.45) is 0 Å². The topological polar surface area (TPSA) is 87.6 Å². The highest BCUT2D eigenvalue weighted by Gasteiger charge is 2.34. The number of aromatic carboxylic acids is 1. The predicted molar refractivity (Wildman–Crippen MR) is 83.8 cm³/mol. The Morgan fingerprint density at radius 3 is 2.70 bits per heavy atom. The summed E-state index contributed by atoms with van der Waals surface area (Å²) in [5.41, 5.74) is 0.919. The number of hydrogen-bond acceptors (Lipinski definition) is 4. The molecule has 0 aliphatic carbocycles. The van der Waals surface area contributed by atoms with Crippen molar-refractivity contribution >= 4 is 16.0 Å². The molecule has 1 fully saturated rings. The molecule has 1 aliphatic rings. The fourth-order valence-electron chi connectivity index (χ4n) is 2.90. The van der Waals surface area contributed by atoms with Crippen LogP contribution in [0.15, 0.2) is 53.7 Å². The molecule has 0 unspecified atom stereocenters. The first kappa shape index (κ1) is 15.6. The van der Waals surface area contributed by atoms with Crippen LogP contribution < -0.4 is 0 Å². The third-order valence-corrected chi connectivity index (χ3v) is 5.90. The van der Waals surface area contributed by atoms with Crippen molar-refractivity contribution in [3.05, 3.63) is 59.9 Å². The highest BCUT2D eigenvalue weighted by atomic mass is 32.2. The van der Waals surface area contributed by atoms with E-state index in [0.717, 1.165) is 0 Å². The standard InChI is InChI=1S/C16H16N2O4S/c19-16(20)15-6-2-1-5-14(15)12-7-9-18(11-12)23(21,22)13-4-3-8-17-10-13/h1-6,8,10,12H,7,9,11H2,(H,19,20)/t12-/m1/s1. The maximum Gasteiger partial charge on any atom is 0.335 e. The first-order valence-corrected chi connectivity index (χ1v) is 8.66. The Morgan fingerprint density at radius 1 is 1.22 bits per heavy atom. The van der Waals surface area contributed by atoms with Crippen molar-refractivity contribution in [3.63, 3.8) is 0 Å². The minimum absolute atomic E-state index is 0.117. The summed E-state index contributed by atoms with van der Waals surface area (Å²) in [4.78, 5) is 15.4. The predicted octanol–water partition coefficient (Wildman–Crippen LogP) is 1.96. The van der Waals surface area contributed by atoms with Gasteiger partial charge in [-0.25, -0.2) is 13.2 Å². The molecule has 1 aromatic carbocycles. The summed E-state index contributed by atoms with van der Waals surface area (Å²) in [5.74, 6) is -1.11. The van der Waals surface area contributed by atoms with Crippen LogP contribution in [0.3, 0.4) is 0 Å². The second-order valence-corrected chi connectivity index (χ2v) is 7.37. The molecular formula is C16H16N2O4S. The fourth-order valence-corrected chi connectivity index (χ4v) is 4.36. The normalized spacial score (nSPS) is 18.9.